The monoisotopic (exact) mass is 354 g/mol. The molecule has 5 heteroatoms. The first-order chi connectivity index (χ1) is 13.2. The van der Waals surface area contributed by atoms with Crippen LogP contribution in [0, 0.1) is 11.3 Å². The second kappa shape index (κ2) is 7.14. The molecule has 3 aromatic carbocycles. The Bertz CT molecular complexity index is 1120. The molecule has 1 aliphatic rings. The zero-order valence-electron chi connectivity index (χ0n) is 14.3. The number of nitrogens with zero attached hydrogens (tertiary/aromatic N) is 2. The van der Waals surface area contributed by atoms with E-state index in [-0.39, 0.29) is 12.3 Å². The SMILES string of the molecule is N#CCOc1ccc(/C=C2\N=C(c3ccc4ccccc4c3)OC2=O)cc1. The Morgan fingerprint density at radius 2 is 1.81 bits per heavy atom. The zero-order chi connectivity index (χ0) is 18.6. The minimum atomic E-state index is -0.483. The lowest BCUT2D eigenvalue weighted by molar-refractivity contribution is -0.129. The first-order valence-electron chi connectivity index (χ1n) is 8.34. The van der Waals surface area contributed by atoms with Crippen molar-refractivity contribution in [2.75, 3.05) is 6.61 Å². The minimum absolute atomic E-state index is 0.00776. The van der Waals surface area contributed by atoms with E-state index in [1.54, 1.807) is 30.3 Å². The molecule has 0 radical (unpaired) electrons. The molecule has 130 valence electrons. The number of aliphatic imine (C=N–C) groups is 1. The van der Waals surface area contributed by atoms with Gasteiger partial charge in [0.2, 0.25) is 5.90 Å². The summed E-state index contributed by atoms with van der Waals surface area (Å²) in [5, 5.41) is 10.7. The summed E-state index contributed by atoms with van der Waals surface area (Å²) in [6, 6.07) is 22.7. The maximum atomic E-state index is 12.2. The third-order valence-corrected chi connectivity index (χ3v) is 4.10. The lowest BCUT2D eigenvalue weighted by Gasteiger charge is -2.02. The highest BCUT2D eigenvalue weighted by Crippen LogP contribution is 2.23. The summed E-state index contributed by atoms with van der Waals surface area (Å²) in [5.41, 5.74) is 1.78. The predicted octanol–water partition coefficient (Wildman–Crippen LogP) is 4.09. The van der Waals surface area contributed by atoms with Gasteiger partial charge in [0.1, 0.15) is 11.8 Å². The van der Waals surface area contributed by atoms with Crippen LogP contribution in [0.2, 0.25) is 0 Å². The number of carbonyl (C=O) groups excluding carboxylic acids is 1. The molecule has 4 rings (SSSR count). The first-order valence-corrected chi connectivity index (χ1v) is 8.34. The number of esters is 1. The van der Waals surface area contributed by atoms with Gasteiger partial charge in [-0.15, -0.1) is 0 Å². The third kappa shape index (κ3) is 3.55. The van der Waals surface area contributed by atoms with E-state index in [1.807, 2.05) is 48.5 Å². The molecule has 0 aliphatic carbocycles. The van der Waals surface area contributed by atoms with E-state index in [0.29, 0.717) is 11.6 Å². The van der Waals surface area contributed by atoms with Crippen LogP contribution < -0.4 is 4.74 Å². The molecule has 0 amide bonds. The van der Waals surface area contributed by atoms with Gasteiger partial charge in [0.15, 0.2) is 12.3 Å². The highest BCUT2D eigenvalue weighted by atomic mass is 16.6. The van der Waals surface area contributed by atoms with E-state index in [4.69, 9.17) is 14.7 Å². The van der Waals surface area contributed by atoms with Crippen LogP contribution in [0.1, 0.15) is 11.1 Å². The summed E-state index contributed by atoms with van der Waals surface area (Å²) in [4.78, 5) is 16.5. The normalized spacial score (nSPS) is 14.7. The number of ether oxygens (including phenoxy) is 2. The van der Waals surface area contributed by atoms with Gasteiger partial charge in [0.05, 0.1) is 0 Å². The van der Waals surface area contributed by atoms with Crippen molar-refractivity contribution in [3.8, 4) is 11.8 Å². The van der Waals surface area contributed by atoms with Crippen molar-refractivity contribution < 1.29 is 14.3 Å². The van der Waals surface area contributed by atoms with Gasteiger partial charge in [-0.2, -0.15) is 5.26 Å². The van der Waals surface area contributed by atoms with Crippen molar-refractivity contribution in [1.29, 1.82) is 5.26 Å². The Hall–Kier alpha value is -3.91. The molecule has 0 spiro atoms. The van der Waals surface area contributed by atoms with E-state index in [9.17, 15) is 4.79 Å². The van der Waals surface area contributed by atoms with E-state index >= 15 is 0 Å². The molecule has 0 fully saturated rings. The van der Waals surface area contributed by atoms with Crippen molar-refractivity contribution in [1.82, 2.24) is 0 Å². The fourth-order valence-corrected chi connectivity index (χ4v) is 2.79. The Morgan fingerprint density at radius 1 is 1.04 bits per heavy atom. The van der Waals surface area contributed by atoms with Crippen LogP contribution in [0.5, 0.6) is 5.75 Å². The van der Waals surface area contributed by atoms with Crippen molar-refractivity contribution in [2.24, 2.45) is 4.99 Å². The van der Waals surface area contributed by atoms with Gasteiger partial charge in [-0.3, -0.25) is 0 Å². The Kier molecular flexibility index (Phi) is 4.38. The second-order valence-corrected chi connectivity index (χ2v) is 5.91. The van der Waals surface area contributed by atoms with Crippen LogP contribution in [0.25, 0.3) is 16.8 Å². The summed E-state index contributed by atoms with van der Waals surface area (Å²) in [5.74, 6) is 0.405. The maximum Gasteiger partial charge on any atom is 0.363 e. The summed E-state index contributed by atoms with van der Waals surface area (Å²) < 4.78 is 10.6. The highest BCUT2D eigenvalue weighted by molar-refractivity contribution is 6.13. The van der Waals surface area contributed by atoms with E-state index in [2.05, 4.69) is 4.99 Å². The average Bonchev–Trinajstić information content (AvgIpc) is 3.07. The van der Waals surface area contributed by atoms with Gasteiger partial charge in [0, 0.05) is 5.56 Å². The van der Waals surface area contributed by atoms with Gasteiger partial charge in [-0.1, -0.05) is 42.5 Å². The van der Waals surface area contributed by atoms with Crippen molar-refractivity contribution in [3.05, 3.63) is 83.6 Å². The molecule has 0 bridgehead atoms. The number of hydrogen-bond acceptors (Lipinski definition) is 5. The van der Waals surface area contributed by atoms with Crippen LogP contribution in [0.4, 0.5) is 0 Å². The van der Waals surface area contributed by atoms with E-state index in [0.717, 1.165) is 21.9 Å². The fourth-order valence-electron chi connectivity index (χ4n) is 2.79. The fraction of sp³-hybridized carbons (Fsp3) is 0.0455. The smallest absolute Gasteiger partial charge is 0.363 e. The molecular formula is C22H14N2O3. The van der Waals surface area contributed by atoms with Crippen LogP contribution in [-0.4, -0.2) is 18.5 Å². The minimum Gasteiger partial charge on any atom is -0.479 e. The molecule has 3 aromatic rings. The van der Waals surface area contributed by atoms with Crippen molar-refractivity contribution >= 4 is 28.7 Å². The number of benzene rings is 3. The number of fused-ring (bicyclic) bond motifs is 1. The molecule has 1 aliphatic heterocycles. The number of carbonyl (C=O) groups is 1. The van der Waals surface area contributed by atoms with Gasteiger partial charge < -0.3 is 9.47 Å². The van der Waals surface area contributed by atoms with Crippen LogP contribution in [0.3, 0.4) is 0 Å². The zero-order valence-corrected chi connectivity index (χ0v) is 14.3. The van der Waals surface area contributed by atoms with E-state index in [1.165, 1.54) is 0 Å². The molecule has 0 N–H and O–H groups in total. The van der Waals surface area contributed by atoms with Crippen LogP contribution in [0.15, 0.2) is 77.4 Å². The highest BCUT2D eigenvalue weighted by Gasteiger charge is 2.24. The number of rotatable bonds is 4. The summed E-state index contributed by atoms with van der Waals surface area (Å²) >= 11 is 0. The largest absolute Gasteiger partial charge is 0.479 e. The molecule has 1 heterocycles. The summed E-state index contributed by atoms with van der Waals surface area (Å²) in [7, 11) is 0. The maximum absolute atomic E-state index is 12.2. The Morgan fingerprint density at radius 3 is 2.59 bits per heavy atom. The first kappa shape index (κ1) is 16.6. The molecule has 27 heavy (non-hydrogen) atoms. The summed E-state index contributed by atoms with van der Waals surface area (Å²) in [6.07, 6.45) is 1.66. The number of nitriles is 1. The number of hydrogen-bond donors (Lipinski definition) is 0. The van der Waals surface area contributed by atoms with Gasteiger partial charge >= 0.3 is 5.97 Å². The molecule has 0 unspecified atom stereocenters. The molecule has 0 saturated carbocycles. The third-order valence-electron chi connectivity index (χ3n) is 4.10. The van der Waals surface area contributed by atoms with Crippen LogP contribution in [-0.2, 0) is 9.53 Å². The molecule has 0 atom stereocenters. The lowest BCUT2D eigenvalue weighted by atomic mass is 10.1. The van der Waals surface area contributed by atoms with Crippen molar-refractivity contribution in [3.63, 3.8) is 0 Å². The quantitative estimate of drug-likeness (QED) is 0.523. The predicted molar refractivity (Wildman–Crippen MR) is 102 cm³/mol. The second-order valence-electron chi connectivity index (χ2n) is 5.91. The standard InChI is InChI=1S/C22H14N2O3/c23-11-12-26-19-9-5-15(6-10-19)13-20-22(25)27-21(24-20)18-8-7-16-3-1-2-4-17(16)14-18/h1-10,13-14H,12H2/b20-13-. The van der Waals surface area contributed by atoms with Gasteiger partial charge in [0.25, 0.3) is 0 Å². The molecule has 0 aromatic heterocycles. The van der Waals surface area contributed by atoms with Gasteiger partial charge in [-0.25, -0.2) is 9.79 Å². The summed E-state index contributed by atoms with van der Waals surface area (Å²) in [6.45, 7) is -0.00776. The van der Waals surface area contributed by atoms with E-state index < -0.39 is 5.97 Å². The van der Waals surface area contributed by atoms with Gasteiger partial charge in [-0.05, 0) is 46.7 Å². The van der Waals surface area contributed by atoms with Crippen molar-refractivity contribution in [2.45, 2.75) is 0 Å². The topological polar surface area (TPSA) is 71.7 Å². The van der Waals surface area contributed by atoms with Crippen LogP contribution >= 0.6 is 0 Å². The Balaban J connectivity index is 1.60. The average molecular weight is 354 g/mol. The molecule has 5 nitrogen and oxygen atoms in total. The number of cyclic esters (lactones) is 1. The lowest BCUT2D eigenvalue weighted by Crippen LogP contribution is -2.05. The molecule has 0 saturated heterocycles. The Labute approximate surface area is 155 Å². The molecular weight excluding hydrogens is 340 g/mol.